The van der Waals surface area contributed by atoms with Crippen molar-refractivity contribution in [3.63, 3.8) is 0 Å². The molecule has 3 rings (SSSR count). The molecule has 0 atom stereocenters. The number of nitrogens with one attached hydrogen (secondary N) is 1. The van der Waals surface area contributed by atoms with Gasteiger partial charge in [-0.1, -0.05) is 30.4 Å². The summed E-state index contributed by atoms with van der Waals surface area (Å²) in [6.07, 6.45) is 0.792. The number of aryl methyl sites for hydroxylation is 2. The van der Waals surface area contributed by atoms with Gasteiger partial charge in [-0.3, -0.25) is 10.1 Å². The van der Waals surface area contributed by atoms with Crippen LogP contribution < -0.4 is 10.1 Å². The fourth-order valence-electron chi connectivity index (χ4n) is 2.02. The van der Waals surface area contributed by atoms with Crippen LogP contribution in [0.2, 0.25) is 0 Å². The molecule has 0 aliphatic rings. The van der Waals surface area contributed by atoms with Crippen molar-refractivity contribution in [2.45, 2.75) is 26.9 Å². The number of para-hydroxylation sites is 1. The number of anilines is 1. The van der Waals surface area contributed by atoms with Gasteiger partial charge in [0.25, 0.3) is 5.91 Å². The highest BCUT2D eigenvalue weighted by Crippen LogP contribution is 2.22. The normalized spacial score (nSPS) is 10.6. The van der Waals surface area contributed by atoms with Gasteiger partial charge in [-0.05, 0) is 25.5 Å². The molecule has 0 aliphatic carbocycles. The lowest BCUT2D eigenvalue weighted by Gasteiger charge is -2.09. The van der Waals surface area contributed by atoms with Crippen LogP contribution in [-0.2, 0) is 13.0 Å². The predicted octanol–water partition coefficient (Wildman–Crippen LogP) is 3.70. The fourth-order valence-corrected chi connectivity index (χ4v) is 3.29. The summed E-state index contributed by atoms with van der Waals surface area (Å²) in [7, 11) is 0. The highest BCUT2D eigenvalue weighted by Gasteiger charge is 2.15. The second-order valence-electron chi connectivity index (χ2n) is 4.95. The molecule has 8 heteroatoms. The largest absolute Gasteiger partial charge is 0.486 e. The van der Waals surface area contributed by atoms with E-state index in [2.05, 4.69) is 20.5 Å². The molecular formula is C16H16N4O2S2. The number of aromatic nitrogens is 3. The van der Waals surface area contributed by atoms with E-state index >= 15 is 0 Å². The molecule has 124 valence electrons. The molecule has 0 unspecified atom stereocenters. The number of hydrogen-bond donors (Lipinski definition) is 1. The molecule has 0 spiro atoms. The van der Waals surface area contributed by atoms with E-state index in [1.165, 1.54) is 11.3 Å². The summed E-state index contributed by atoms with van der Waals surface area (Å²) in [4.78, 5) is 16.8. The van der Waals surface area contributed by atoms with Gasteiger partial charge in [0.2, 0.25) is 5.13 Å². The zero-order valence-corrected chi connectivity index (χ0v) is 14.9. The molecule has 3 aromatic rings. The third kappa shape index (κ3) is 3.95. The van der Waals surface area contributed by atoms with E-state index in [0.717, 1.165) is 22.1 Å². The molecule has 0 fully saturated rings. The van der Waals surface area contributed by atoms with Crippen LogP contribution in [0.3, 0.4) is 0 Å². The van der Waals surface area contributed by atoms with Crippen LogP contribution in [0.5, 0.6) is 5.75 Å². The van der Waals surface area contributed by atoms with Gasteiger partial charge >= 0.3 is 0 Å². The van der Waals surface area contributed by atoms with Crippen molar-refractivity contribution in [1.82, 2.24) is 15.2 Å². The van der Waals surface area contributed by atoms with Gasteiger partial charge in [0.05, 0.1) is 16.3 Å². The van der Waals surface area contributed by atoms with Gasteiger partial charge in [0.15, 0.2) is 0 Å². The number of benzene rings is 1. The lowest BCUT2D eigenvalue weighted by molar-refractivity contribution is 0.102. The first-order valence-electron chi connectivity index (χ1n) is 7.42. The molecule has 0 saturated heterocycles. The quantitative estimate of drug-likeness (QED) is 0.725. The van der Waals surface area contributed by atoms with E-state index in [0.29, 0.717) is 23.1 Å². The maximum Gasteiger partial charge on any atom is 0.261 e. The Balaban J connectivity index is 1.71. The Bertz CT molecular complexity index is 844. The van der Waals surface area contributed by atoms with Crippen LogP contribution in [-0.4, -0.2) is 21.1 Å². The van der Waals surface area contributed by atoms with Gasteiger partial charge in [-0.25, -0.2) is 4.98 Å². The Hall–Kier alpha value is -2.32. The van der Waals surface area contributed by atoms with Crippen molar-refractivity contribution in [3.8, 4) is 5.75 Å². The minimum Gasteiger partial charge on any atom is -0.486 e. The molecule has 0 saturated carbocycles. The smallest absolute Gasteiger partial charge is 0.261 e. The summed E-state index contributed by atoms with van der Waals surface area (Å²) >= 11 is 2.94. The maximum absolute atomic E-state index is 12.5. The van der Waals surface area contributed by atoms with Crippen molar-refractivity contribution in [3.05, 3.63) is 50.9 Å². The van der Waals surface area contributed by atoms with E-state index in [-0.39, 0.29) is 5.91 Å². The van der Waals surface area contributed by atoms with E-state index in [4.69, 9.17) is 4.74 Å². The molecule has 0 bridgehead atoms. The van der Waals surface area contributed by atoms with Gasteiger partial charge in [-0.15, -0.1) is 21.5 Å². The minimum atomic E-state index is -0.265. The first kappa shape index (κ1) is 16.5. The van der Waals surface area contributed by atoms with Crippen molar-refractivity contribution >= 4 is 33.7 Å². The average Bonchev–Trinajstić information content (AvgIpc) is 3.22. The first-order valence-corrected chi connectivity index (χ1v) is 9.12. The second-order valence-corrected chi connectivity index (χ2v) is 7.08. The third-order valence-electron chi connectivity index (χ3n) is 3.16. The number of nitrogens with zero attached hydrogens (tertiary/aromatic N) is 3. The third-order valence-corrected chi connectivity index (χ3v) is 4.97. The fraction of sp³-hybridized carbons (Fsp3) is 0.250. The number of carbonyl (C=O) groups excluding carboxylic acids is 1. The summed E-state index contributed by atoms with van der Waals surface area (Å²) in [6.45, 7) is 4.27. The van der Waals surface area contributed by atoms with Crippen LogP contribution in [0.1, 0.15) is 33.0 Å². The molecule has 1 amide bonds. The number of thiazole rings is 1. The number of ether oxygens (including phenoxy) is 1. The molecule has 0 radical (unpaired) electrons. The number of rotatable bonds is 6. The minimum absolute atomic E-state index is 0.265. The Morgan fingerprint density at radius 1 is 1.29 bits per heavy atom. The van der Waals surface area contributed by atoms with Crippen LogP contribution in [0.15, 0.2) is 29.6 Å². The van der Waals surface area contributed by atoms with Gasteiger partial charge in [0, 0.05) is 5.38 Å². The number of amides is 1. The predicted molar refractivity (Wildman–Crippen MR) is 94.9 cm³/mol. The SMILES string of the molecule is CCc1nnc(NC(=O)c2ccccc2OCc2csc(C)n2)s1. The van der Waals surface area contributed by atoms with Gasteiger partial charge in [-0.2, -0.15) is 0 Å². The average molecular weight is 360 g/mol. The Morgan fingerprint density at radius 2 is 2.12 bits per heavy atom. The molecular weight excluding hydrogens is 344 g/mol. The van der Waals surface area contributed by atoms with Crippen molar-refractivity contribution in [2.24, 2.45) is 0 Å². The highest BCUT2D eigenvalue weighted by molar-refractivity contribution is 7.15. The lowest BCUT2D eigenvalue weighted by Crippen LogP contribution is -2.13. The van der Waals surface area contributed by atoms with E-state index in [1.807, 2.05) is 25.3 Å². The summed E-state index contributed by atoms with van der Waals surface area (Å²) in [5, 5.41) is 15.0. The van der Waals surface area contributed by atoms with Crippen molar-refractivity contribution in [2.75, 3.05) is 5.32 Å². The maximum atomic E-state index is 12.5. The van der Waals surface area contributed by atoms with Crippen molar-refractivity contribution in [1.29, 1.82) is 0 Å². The molecule has 1 aromatic carbocycles. The monoisotopic (exact) mass is 360 g/mol. The summed E-state index contributed by atoms with van der Waals surface area (Å²) in [6, 6.07) is 7.12. The van der Waals surface area contributed by atoms with Crippen LogP contribution in [0.4, 0.5) is 5.13 Å². The topological polar surface area (TPSA) is 77.0 Å². The van der Waals surface area contributed by atoms with Gasteiger partial charge < -0.3 is 4.74 Å². The Labute approximate surface area is 147 Å². The Morgan fingerprint density at radius 3 is 2.83 bits per heavy atom. The second kappa shape index (κ2) is 7.50. The molecule has 2 aromatic heterocycles. The summed E-state index contributed by atoms with van der Waals surface area (Å²) < 4.78 is 5.77. The zero-order valence-electron chi connectivity index (χ0n) is 13.3. The van der Waals surface area contributed by atoms with Crippen LogP contribution in [0, 0.1) is 6.92 Å². The number of carbonyl (C=O) groups is 1. The van der Waals surface area contributed by atoms with E-state index in [1.54, 1.807) is 29.5 Å². The lowest BCUT2D eigenvalue weighted by atomic mass is 10.2. The Kier molecular flexibility index (Phi) is 5.17. The van der Waals surface area contributed by atoms with Crippen LogP contribution >= 0.6 is 22.7 Å². The van der Waals surface area contributed by atoms with Crippen LogP contribution in [0.25, 0.3) is 0 Å². The van der Waals surface area contributed by atoms with Crippen molar-refractivity contribution < 1.29 is 9.53 Å². The molecule has 24 heavy (non-hydrogen) atoms. The first-order chi connectivity index (χ1) is 11.7. The summed E-state index contributed by atoms with van der Waals surface area (Å²) in [5.41, 5.74) is 1.31. The highest BCUT2D eigenvalue weighted by atomic mass is 32.1. The standard InChI is InChI=1S/C16H16N4O2S2/c1-3-14-19-20-16(24-14)18-15(21)12-6-4-5-7-13(12)22-8-11-9-23-10(2)17-11/h4-7,9H,3,8H2,1-2H3,(H,18,20,21). The summed E-state index contributed by atoms with van der Waals surface area (Å²) in [5.74, 6) is 0.250. The van der Waals surface area contributed by atoms with E-state index < -0.39 is 0 Å². The molecule has 6 nitrogen and oxygen atoms in total. The van der Waals surface area contributed by atoms with E-state index in [9.17, 15) is 4.79 Å². The molecule has 1 N–H and O–H groups in total. The zero-order chi connectivity index (χ0) is 16.9. The van der Waals surface area contributed by atoms with Gasteiger partial charge in [0.1, 0.15) is 17.4 Å². The number of hydrogen-bond acceptors (Lipinski definition) is 7. The molecule has 0 aliphatic heterocycles. The molecule has 2 heterocycles.